The molecule has 1 aromatic heterocycles. The van der Waals surface area contributed by atoms with Crippen LogP contribution in [0.3, 0.4) is 0 Å². The Balaban J connectivity index is 1.56. The molecular weight excluding hydrogens is 460 g/mol. The summed E-state index contributed by atoms with van der Waals surface area (Å²) in [5.41, 5.74) is 10.9. The minimum Gasteiger partial charge on any atom is -0.309 e. The van der Waals surface area contributed by atoms with E-state index in [-0.39, 0.29) is 0 Å². The van der Waals surface area contributed by atoms with Gasteiger partial charge in [-0.2, -0.15) is 0 Å². The Labute approximate surface area is 222 Å². The first-order chi connectivity index (χ1) is 18.8. The van der Waals surface area contributed by atoms with Gasteiger partial charge in [-0.1, -0.05) is 91.0 Å². The molecule has 1 aliphatic rings. The van der Waals surface area contributed by atoms with Crippen molar-refractivity contribution in [2.45, 2.75) is 19.8 Å². The molecular formula is C36H28N2. The third-order valence-corrected chi connectivity index (χ3v) is 7.93. The molecule has 0 atom stereocenters. The molecule has 5 aromatic carbocycles. The highest BCUT2D eigenvalue weighted by Gasteiger charge is 2.18. The number of fused-ring (bicyclic) bond motifs is 6. The van der Waals surface area contributed by atoms with Crippen LogP contribution in [0.5, 0.6) is 0 Å². The summed E-state index contributed by atoms with van der Waals surface area (Å²) in [6, 6.07) is 35.4. The van der Waals surface area contributed by atoms with Crippen LogP contribution in [0.25, 0.3) is 61.0 Å². The van der Waals surface area contributed by atoms with Crippen LogP contribution in [0.15, 0.2) is 109 Å². The maximum absolute atomic E-state index is 7.80. The van der Waals surface area contributed by atoms with Gasteiger partial charge in [-0.25, -0.2) is 0 Å². The van der Waals surface area contributed by atoms with Crippen LogP contribution in [0.1, 0.15) is 30.0 Å². The van der Waals surface area contributed by atoms with Gasteiger partial charge in [0.2, 0.25) is 0 Å². The zero-order chi connectivity index (χ0) is 25.6. The summed E-state index contributed by atoms with van der Waals surface area (Å²) in [6.45, 7) is 1.98. The van der Waals surface area contributed by atoms with Crippen LogP contribution >= 0.6 is 0 Å². The van der Waals surface area contributed by atoms with E-state index in [1.54, 1.807) is 0 Å². The van der Waals surface area contributed by atoms with Gasteiger partial charge in [0, 0.05) is 28.1 Å². The fraction of sp³-hybridized carbons (Fsp3) is 0.0833. The summed E-state index contributed by atoms with van der Waals surface area (Å²) in [5, 5.41) is 12.7. The molecule has 2 nitrogen and oxygen atoms in total. The minimum atomic E-state index is 0.931. The zero-order valence-corrected chi connectivity index (χ0v) is 21.4. The lowest BCUT2D eigenvalue weighted by molar-refractivity contribution is 0.986. The molecule has 0 aliphatic heterocycles. The maximum atomic E-state index is 7.80. The fourth-order valence-electron chi connectivity index (χ4n) is 6.08. The average Bonchev–Trinajstić information content (AvgIpc) is 3.32. The lowest BCUT2D eigenvalue weighted by Crippen LogP contribution is -1.97. The topological polar surface area (TPSA) is 28.8 Å². The van der Waals surface area contributed by atoms with Gasteiger partial charge in [-0.05, 0) is 82.8 Å². The van der Waals surface area contributed by atoms with Gasteiger partial charge in [-0.3, -0.25) is 0 Å². The number of nitrogens with one attached hydrogen (secondary N) is 1. The van der Waals surface area contributed by atoms with Crippen LogP contribution < -0.4 is 0 Å². The van der Waals surface area contributed by atoms with E-state index in [9.17, 15) is 0 Å². The Morgan fingerprint density at radius 3 is 2.50 bits per heavy atom. The minimum absolute atomic E-state index is 0.931. The van der Waals surface area contributed by atoms with Gasteiger partial charge in [0.15, 0.2) is 0 Å². The third-order valence-electron chi connectivity index (χ3n) is 7.93. The van der Waals surface area contributed by atoms with E-state index >= 15 is 0 Å². The predicted molar refractivity (Wildman–Crippen MR) is 164 cm³/mol. The molecule has 0 unspecified atom stereocenters. The third kappa shape index (κ3) is 3.45. The number of rotatable bonds is 4. The molecule has 38 heavy (non-hydrogen) atoms. The van der Waals surface area contributed by atoms with Crippen molar-refractivity contribution in [1.29, 1.82) is 5.41 Å². The lowest BCUT2D eigenvalue weighted by Gasteiger charge is -2.16. The summed E-state index contributed by atoms with van der Waals surface area (Å²) in [6.07, 6.45) is 10.2. The molecule has 0 saturated carbocycles. The van der Waals surface area contributed by atoms with Gasteiger partial charge in [0.25, 0.3) is 0 Å². The zero-order valence-electron chi connectivity index (χ0n) is 21.4. The summed E-state index contributed by atoms with van der Waals surface area (Å²) >= 11 is 0. The SMILES string of the molecule is C/C=C(\C=N)c1ccc2c(ccc3c4ccc(-c5cccc6c5C=CCC6)cc4n(-c4ccccc4)c23)c1. The number of hydrogen-bond donors (Lipinski definition) is 1. The first kappa shape index (κ1) is 22.5. The number of benzene rings is 5. The Morgan fingerprint density at radius 2 is 1.66 bits per heavy atom. The van der Waals surface area contributed by atoms with Crippen molar-refractivity contribution < 1.29 is 0 Å². The van der Waals surface area contributed by atoms with Crippen molar-refractivity contribution in [3.8, 4) is 16.8 Å². The smallest absolute Gasteiger partial charge is 0.0619 e. The largest absolute Gasteiger partial charge is 0.309 e. The fourth-order valence-corrected chi connectivity index (χ4v) is 6.08. The molecule has 1 aliphatic carbocycles. The number of allylic oxidation sites excluding steroid dienone is 3. The Hall–Kier alpha value is -4.69. The van der Waals surface area contributed by atoms with Crippen LogP contribution in [0.2, 0.25) is 0 Å². The molecule has 0 fully saturated rings. The summed E-state index contributed by atoms with van der Waals surface area (Å²) in [4.78, 5) is 0. The lowest BCUT2D eigenvalue weighted by atomic mass is 9.90. The number of nitrogens with zero attached hydrogens (tertiary/aromatic N) is 1. The van der Waals surface area contributed by atoms with Crippen molar-refractivity contribution in [2.75, 3.05) is 0 Å². The highest BCUT2D eigenvalue weighted by Crippen LogP contribution is 2.40. The molecule has 1 N–H and O–H groups in total. The molecule has 0 bridgehead atoms. The van der Waals surface area contributed by atoms with E-state index in [0.717, 1.165) is 29.7 Å². The monoisotopic (exact) mass is 488 g/mol. The summed E-state index contributed by atoms with van der Waals surface area (Å²) in [5.74, 6) is 0. The molecule has 0 saturated heterocycles. The molecule has 1 heterocycles. The van der Waals surface area contributed by atoms with Crippen molar-refractivity contribution in [3.05, 3.63) is 126 Å². The number of para-hydroxylation sites is 1. The molecule has 182 valence electrons. The van der Waals surface area contributed by atoms with Gasteiger partial charge in [0.05, 0.1) is 11.0 Å². The summed E-state index contributed by atoms with van der Waals surface area (Å²) in [7, 11) is 0. The van der Waals surface area contributed by atoms with E-state index in [2.05, 4.69) is 114 Å². The number of aromatic nitrogens is 1. The van der Waals surface area contributed by atoms with E-state index < -0.39 is 0 Å². The summed E-state index contributed by atoms with van der Waals surface area (Å²) < 4.78 is 2.43. The standard InChI is InChI=1S/C36H28N2/c1-2-24(23-37)26-15-18-32-27(21-26)17-20-34-33-19-16-28(31-14-8-10-25-9-6-7-13-30(25)31)22-35(33)38(36(32)34)29-11-4-3-5-12-29/h2-5,7-8,10-23,37H,6,9H2,1H3/b24-2+,37-23?. The molecule has 0 radical (unpaired) electrons. The van der Waals surface area contributed by atoms with E-state index in [1.807, 2.05) is 13.0 Å². The van der Waals surface area contributed by atoms with E-state index in [4.69, 9.17) is 5.41 Å². The first-order valence-corrected chi connectivity index (χ1v) is 13.3. The number of aryl methyl sites for hydroxylation is 1. The molecule has 2 heteroatoms. The first-order valence-electron chi connectivity index (χ1n) is 13.3. The molecule has 0 amide bonds. The average molecular weight is 489 g/mol. The second-order valence-corrected chi connectivity index (χ2v) is 10.0. The Bertz CT molecular complexity index is 1930. The van der Waals surface area contributed by atoms with Crippen molar-refractivity contribution in [3.63, 3.8) is 0 Å². The number of hydrogen-bond acceptors (Lipinski definition) is 1. The molecule has 7 rings (SSSR count). The normalized spacial score (nSPS) is 13.3. The highest BCUT2D eigenvalue weighted by molar-refractivity contribution is 6.20. The predicted octanol–water partition coefficient (Wildman–Crippen LogP) is 9.62. The maximum Gasteiger partial charge on any atom is 0.0619 e. The van der Waals surface area contributed by atoms with Crippen molar-refractivity contribution in [1.82, 2.24) is 4.57 Å². The Morgan fingerprint density at radius 1 is 0.816 bits per heavy atom. The van der Waals surface area contributed by atoms with E-state index in [1.165, 1.54) is 61.0 Å². The van der Waals surface area contributed by atoms with E-state index in [0.29, 0.717) is 0 Å². The van der Waals surface area contributed by atoms with Gasteiger partial charge in [0.1, 0.15) is 0 Å². The van der Waals surface area contributed by atoms with Crippen LogP contribution in [-0.2, 0) is 6.42 Å². The molecule has 0 spiro atoms. The van der Waals surface area contributed by atoms with Gasteiger partial charge in [-0.15, -0.1) is 0 Å². The van der Waals surface area contributed by atoms with Crippen LogP contribution in [0, 0.1) is 5.41 Å². The second-order valence-electron chi connectivity index (χ2n) is 10.0. The van der Waals surface area contributed by atoms with Gasteiger partial charge >= 0.3 is 0 Å². The van der Waals surface area contributed by atoms with Crippen LogP contribution in [-0.4, -0.2) is 10.8 Å². The van der Waals surface area contributed by atoms with Crippen molar-refractivity contribution >= 4 is 50.4 Å². The van der Waals surface area contributed by atoms with Gasteiger partial charge < -0.3 is 9.98 Å². The molecule has 6 aromatic rings. The highest BCUT2D eigenvalue weighted by atomic mass is 15.0. The quantitative estimate of drug-likeness (QED) is 0.239. The van der Waals surface area contributed by atoms with Crippen molar-refractivity contribution in [2.24, 2.45) is 0 Å². The second kappa shape index (κ2) is 9.00. The van der Waals surface area contributed by atoms with Crippen LogP contribution in [0.4, 0.5) is 0 Å². The Kier molecular flexibility index (Phi) is 5.33.